The molecule has 1 fully saturated rings. The largest absolute Gasteiger partial charge is 0.373 e. The van der Waals surface area contributed by atoms with Gasteiger partial charge >= 0.3 is 0 Å². The van der Waals surface area contributed by atoms with Crippen LogP contribution in [0.15, 0.2) is 49.4 Å². The lowest BCUT2D eigenvalue weighted by atomic mass is 10.1. The molecule has 8 nitrogen and oxygen atoms in total. The van der Waals surface area contributed by atoms with Crippen LogP contribution in [0.25, 0.3) is 22.4 Å². The van der Waals surface area contributed by atoms with E-state index in [1.807, 2.05) is 53.6 Å². The highest BCUT2D eigenvalue weighted by Gasteiger charge is 2.18. The molecule has 0 saturated heterocycles. The number of nitrogens with one attached hydrogen (secondary N) is 3. The van der Waals surface area contributed by atoms with Crippen molar-refractivity contribution in [3.8, 4) is 11.3 Å². The van der Waals surface area contributed by atoms with Crippen LogP contribution in [0.4, 0.5) is 31.7 Å². The van der Waals surface area contributed by atoms with Crippen LogP contribution in [0.1, 0.15) is 25.1 Å². The first-order valence-corrected chi connectivity index (χ1v) is 12.7. The molecule has 0 unspecified atom stereocenters. The van der Waals surface area contributed by atoms with Crippen molar-refractivity contribution in [2.75, 3.05) is 35.3 Å². The number of alkyl halides is 2. The number of benzene rings is 1. The lowest BCUT2D eigenvalue weighted by Crippen LogP contribution is -2.09. The first kappa shape index (κ1) is 25.5. The van der Waals surface area contributed by atoms with Crippen molar-refractivity contribution < 1.29 is 8.78 Å². The Kier molecular flexibility index (Phi) is 7.78. The number of imidazole rings is 2. The average Bonchev–Trinajstić information content (AvgIpc) is 3.47. The molecule has 3 N–H and O–H groups in total. The minimum absolute atomic E-state index is 0.218. The maximum atomic E-state index is 13.2. The number of anilines is 4. The fourth-order valence-electron chi connectivity index (χ4n) is 3.60. The van der Waals surface area contributed by atoms with Crippen molar-refractivity contribution in [2.24, 2.45) is 13.0 Å². The predicted octanol–water partition coefficient (Wildman–Crippen LogP) is 6.38. The quantitative estimate of drug-likeness (QED) is 0.187. The van der Waals surface area contributed by atoms with Crippen LogP contribution in [-0.2, 0) is 7.05 Å². The van der Waals surface area contributed by atoms with E-state index in [2.05, 4.69) is 43.2 Å². The Bertz CT molecular complexity index is 1350. The first-order chi connectivity index (χ1) is 17.3. The second-order valence-corrected chi connectivity index (χ2v) is 9.34. The van der Waals surface area contributed by atoms with Crippen molar-refractivity contribution in [2.45, 2.75) is 19.3 Å². The van der Waals surface area contributed by atoms with E-state index < -0.39 is 12.2 Å². The molecule has 5 rings (SSSR count). The van der Waals surface area contributed by atoms with Crippen LogP contribution in [0.3, 0.4) is 0 Å². The summed E-state index contributed by atoms with van der Waals surface area (Å²) in [4.78, 5) is 15.1. The molecule has 1 aromatic carbocycles. The molecule has 3 aromatic heterocycles. The molecule has 1 saturated carbocycles. The highest BCUT2D eigenvalue weighted by molar-refractivity contribution is 7.99. The van der Waals surface area contributed by atoms with Crippen molar-refractivity contribution in [3.05, 3.63) is 55.3 Å². The summed E-state index contributed by atoms with van der Waals surface area (Å²) in [5, 5.41) is 6.32. The van der Waals surface area contributed by atoms with Gasteiger partial charge in [-0.05, 0) is 30.9 Å². The maximum absolute atomic E-state index is 13.2. The Balaban J connectivity index is 0.000000543. The van der Waals surface area contributed by atoms with Gasteiger partial charge in [0.2, 0.25) is 0 Å². The molecule has 0 aliphatic heterocycles. The molecule has 0 spiro atoms. The number of fused-ring (bicyclic) bond motifs is 1. The van der Waals surface area contributed by atoms with Gasteiger partial charge in [0.15, 0.2) is 11.5 Å². The second-order valence-electron chi connectivity index (χ2n) is 8.43. The van der Waals surface area contributed by atoms with Crippen LogP contribution in [0, 0.1) is 5.92 Å². The second kappa shape index (κ2) is 11.0. The molecule has 1 aliphatic carbocycles. The van der Waals surface area contributed by atoms with E-state index >= 15 is 0 Å². The van der Waals surface area contributed by atoms with Crippen LogP contribution >= 0.6 is 11.9 Å². The number of aryl methyl sites for hydroxylation is 1. The highest BCUT2D eigenvalue weighted by Crippen LogP contribution is 2.37. The van der Waals surface area contributed by atoms with Crippen molar-refractivity contribution >= 4 is 46.0 Å². The molecule has 0 amide bonds. The van der Waals surface area contributed by atoms with E-state index in [1.54, 1.807) is 31.4 Å². The number of hydrogen-bond donors (Lipinski definition) is 3. The van der Waals surface area contributed by atoms with Gasteiger partial charge < -0.3 is 24.5 Å². The zero-order valence-electron chi connectivity index (χ0n) is 20.7. The van der Waals surface area contributed by atoms with E-state index in [9.17, 15) is 8.78 Å². The third-order valence-corrected chi connectivity index (χ3v) is 6.64. The summed E-state index contributed by atoms with van der Waals surface area (Å²) in [7, 11) is 5.62. The summed E-state index contributed by atoms with van der Waals surface area (Å²) >= 11 is 1.56. The minimum Gasteiger partial charge on any atom is -0.373 e. The molecular weight excluding hydrogens is 482 g/mol. The third-order valence-electron chi connectivity index (χ3n) is 5.89. The normalized spacial score (nSPS) is 12.9. The summed E-state index contributed by atoms with van der Waals surface area (Å²) in [6.45, 7) is 3.62. The van der Waals surface area contributed by atoms with Gasteiger partial charge in [-0.2, -0.15) is 0 Å². The van der Waals surface area contributed by atoms with E-state index in [0.29, 0.717) is 17.0 Å². The lowest BCUT2D eigenvalue weighted by Gasteiger charge is -2.22. The summed E-state index contributed by atoms with van der Waals surface area (Å²) in [5.41, 5.74) is 4.97. The number of aromatic amines is 1. The molecule has 0 radical (unpaired) electrons. The van der Waals surface area contributed by atoms with Crippen LogP contribution in [0.2, 0.25) is 0 Å². The van der Waals surface area contributed by atoms with E-state index in [4.69, 9.17) is 0 Å². The van der Waals surface area contributed by atoms with Gasteiger partial charge in [0, 0.05) is 39.0 Å². The van der Waals surface area contributed by atoms with Gasteiger partial charge in [0.05, 0.1) is 35.3 Å². The van der Waals surface area contributed by atoms with Gasteiger partial charge in [-0.3, -0.25) is 0 Å². The SMILES string of the molecule is C=CC1CC1.CNc1cc(Nc2ccc(-c3cncn3C)cc2N(C)SC)c2[nH]c(C(F)F)nc2n1. The zero-order valence-corrected chi connectivity index (χ0v) is 21.5. The third kappa shape index (κ3) is 5.62. The summed E-state index contributed by atoms with van der Waals surface area (Å²) in [5.74, 6) is 1.01. The Hall–Kier alpha value is -3.60. The molecule has 36 heavy (non-hydrogen) atoms. The van der Waals surface area contributed by atoms with Crippen LogP contribution < -0.4 is 14.9 Å². The van der Waals surface area contributed by atoms with E-state index in [-0.39, 0.29) is 5.65 Å². The average molecular weight is 513 g/mol. The number of rotatable bonds is 8. The molecule has 0 bridgehead atoms. The molecule has 0 atom stereocenters. The van der Waals surface area contributed by atoms with Crippen molar-refractivity contribution in [3.63, 3.8) is 0 Å². The number of nitrogens with zero attached hydrogens (tertiary/aromatic N) is 5. The molecule has 1 aliphatic rings. The Labute approximate surface area is 213 Å². The van der Waals surface area contributed by atoms with Crippen LogP contribution in [0.5, 0.6) is 0 Å². The predicted molar refractivity (Wildman–Crippen MR) is 145 cm³/mol. The fraction of sp³-hybridized carbons (Fsp3) is 0.320. The van der Waals surface area contributed by atoms with Gasteiger partial charge in [0.25, 0.3) is 6.43 Å². The molecule has 4 aromatic rings. The minimum atomic E-state index is -2.71. The van der Waals surface area contributed by atoms with Gasteiger partial charge in [-0.1, -0.05) is 24.1 Å². The smallest absolute Gasteiger partial charge is 0.295 e. The number of hydrogen-bond acceptors (Lipinski definition) is 7. The fourth-order valence-corrected chi connectivity index (χ4v) is 3.95. The molecule has 3 heterocycles. The van der Waals surface area contributed by atoms with Gasteiger partial charge in [-0.25, -0.2) is 23.7 Å². The van der Waals surface area contributed by atoms with Crippen molar-refractivity contribution in [1.82, 2.24) is 24.5 Å². The topological polar surface area (TPSA) is 86.7 Å². The Morgan fingerprint density at radius 2 is 2.03 bits per heavy atom. The van der Waals surface area contributed by atoms with E-state index in [1.165, 1.54) is 12.8 Å². The number of pyridine rings is 1. The molecule has 190 valence electrons. The highest BCUT2D eigenvalue weighted by atomic mass is 32.2. The lowest BCUT2D eigenvalue weighted by molar-refractivity contribution is 0.142. The number of allylic oxidation sites excluding steroid dienone is 1. The van der Waals surface area contributed by atoms with E-state index in [0.717, 1.165) is 28.6 Å². The maximum Gasteiger partial charge on any atom is 0.295 e. The summed E-state index contributed by atoms with van der Waals surface area (Å²) in [6, 6.07) is 7.77. The zero-order chi connectivity index (χ0) is 25.8. The molecule has 11 heteroatoms. The first-order valence-electron chi connectivity index (χ1n) is 11.5. The summed E-state index contributed by atoms with van der Waals surface area (Å²) < 4.78 is 30.4. The Morgan fingerprint density at radius 1 is 1.25 bits per heavy atom. The summed E-state index contributed by atoms with van der Waals surface area (Å²) in [6.07, 6.45) is 7.65. The monoisotopic (exact) mass is 512 g/mol. The standard InChI is InChI=1S/C20H22F2N8S.C5H8/c1-23-16-8-13(17-19(26-16)28-20(27-17)18(21)22)25-12-6-5-11(7-14(12)30(3)31-4)15-9-24-10-29(15)2;1-2-5-3-4-5/h5-10,18H,1-4H3,(H3,23,25,26,27,28);2,5H,1,3-4H2. The molecular formula is C25H30F2N8S. The van der Waals surface area contributed by atoms with Gasteiger partial charge in [0.1, 0.15) is 11.3 Å². The van der Waals surface area contributed by atoms with Crippen LogP contribution in [-0.4, -0.2) is 44.9 Å². The number of halogens is 2. The van der Waals surface area contributed by atoms with Crippen molar-refractivity contribution in [1.29, 1.82) is 0 Å². The number of aromatic nitrogens is 5. The number of H-pyrrole nitrogens is 1. The Morgan fingerprint density at radius 3 is 2.58 bits per heavy atom. The van der Waals surface area contributed by atoms with Gasteiger partial charge in [-0.15, -0.1) is 6.58 Å².